The molecular weight excluding hydrogens is 324 g/mol. The highest BCUT2D eigenvalue weighted by molar-refractivity contribution is 5.45. The van der Waals surface area contributed by atoms with Crippen molar-refractivity contribution in [3.63, 3.8) is 0 Å². The van der Waals surface area contributed by atoms with Crippen molar-refractivity contribution in [1.82, 2.24) is 10.2 Å². The number of likely N-dealkylation sites (tertiary alicyclic amines) is 1. The van der Waals surface area contributed by atoms with E-state index >= 15 is 0 Å². The fourth-order valence-corrected chi connectivity index (χ4v) is 4.75. The first-order chi connectivity index (χ1) is 12.6. The molecule has 4 rings (SSSR count). The first kappa shape index (κ1) is 17.4. The number of fused-ring (bicyclic) bond motifs is 4. The number of phenolic OH excluding ortho intramolecular Hbond substituents is 1. The average Bonchev–Trinajstić information content (AvgIpc) is 2.65. The van der Waals surface area contributed by atoms with Crippen LogP contribution in [0.2, 0.25) is 0 Å². The van der Waals surface area contributed by atoms with Gasteiger partial charge >= 0.3 is 0 Å². The van der Waals surface area contributed by atoms with Gasteiger partial charge in [-0.2, -0.15) is 0 Å². The number of hydrogen-bond acceptors (Lipinski definition) is 4. The zero-order chi connectivity index (χ0) is 18.1. The van der Waals surface area contributed by atoms with Gasteiger partial charge in [-0.1, -0.05) is 31.2 Å². The van der Waals surface area contributed by atoms with Crippen LogP contribution in [0, 0.1) is 0 Å². The lowest BCUT2D eigenvalue weighted by Gasteiger charge is -2.55. The van der Waals surface area contributed by atoms with Gasteiger partial charge < -0.3 is 20.1 Å². The van der Waals surface area contributed by atoms with Gasteiger partial charge in [0, 0.05) is 24.0 Å². The van der Waals surface area contributed by atoms with Crippen molar-refractivity contribution in [1.29, 1.82) is 0 Å². The van der Waals surface area contributed by atoms with Crippen molar-refractivity contribution in [2.24, 2.45) is 0 Å². The van der Waals surface area contributed by atoms with Gasteiger partial charge in [-0.05, 0) is 61.8 Å². The summed E-state index contributed by atoms with van der Waals surface area (Å²) >= 11 is 0. The van der Waals surface area contributed by atoms with Crippen molar-refractivity contribution in [2.75, 3.05) is 26.7 Å². The molecule has 26 heavy (non-hydrogen) atoms. The molecule has 2 bridgehead atoms. The second-order valence-corrected chi connectivity index (χ2v) is 7.85. The minimum absolute atomic E-state index is 0.0379. The summed E-state index contributed by atoms with van der Waals surface area (Å²) in [6.07, 6.45) is 2.12. The van der Waals surface area contributed by atoms with Gasteiger partial charge in [0.1, 0.15) is 18.1 Å². The molecule has 4 nitrogen and oxygen atoms in total. The minimum atomic E-state index is 0.0379. The van der Waals surface area contributed by atoms with Crippen molar-refractivity contribution >= 4 is 0 Å². The smallest absolute Gasteiger partial charge is 0.119 e. The van der Waals surface area contributed by atoms with Crippen molar-refractivity contribution in [2.45, 2.75) is 37.3 Å². The highest BCUT2D eigenvalue weighted by atomic mass is 16.5. The summed E-state index contributed by atoms with van der Waals surface area (Å²) in [6.45, 7) is 4.91. The van der Waals surface area contributed by atoms with E-state index in [1.54, 1.807) is 0 Å². The third kappa shape index (κ3) is 3.08. The van der Waals surface area contributed by atoms with E-state index in [9.17, 15) is 5.11 Å². The maximum Gasteiger partial charge on any atom is 0.119 e. The van der Waals surface area contributed by atoms with Gasteiger partial charge in [-0.3, -0.25) is 0 Å². The summed E-state index contributed by atoms with van der Waals surface area (Å²) in [7, 11) is 2.23. The lowest BCUT2D eigenvalue weighted by molar-refractivity contribution is 0.0639. The number of aromatic hydroxyl groups is 1. The van der Waals surface area contributed by atoms with Gasteiger partial charge in [0.25, 0.3) is 0 Å². The van der Waals surface area contributed by atoms with E-state index in [1.807, 2.05) is 42.5 Å². The molecule has 1 aliphatic heterocycles. The summed E-state index contributed by atoms with van der Waals surface area (Å²) in [5, 5.41) is 13.8. The van der Waals surface area contributed by atoms with E-state index in [1.165, 1.54) is 11.1 Å². The first-order valence-corrected chi connectivity index (χ1v) is 9.52. The molecule has 0 spiro atoms. The van der Waals surface area contributed by atoms with Crippen LogP contribution in [0.1, 0.15) is 24.5 Å². The van der Waals surface area contributed by atoms with Crippen LogP contribution in [0.5, 0.6) is 11.5 Å². The molecule has 0 amide bonds. The monoisotopic (exact) mass is 352 g/mol. The van der Waals surface area contributed by atoms with Crippen LogP contribution >= 0.6 is 0 Å². The van der Waals surface area contributed by atoms with Crippen LogP contribution in [0.4, 0.5) is 0 Å². The topological polar surface area (TPSA) is 44.7 Å². The molecule has 2 aromatic carbocycles. The number of benzene rings is 2. The largest absolute Gasteiger partial charge is 0.508 e. The standard InChI is InChI=1S/C22H28N2O2/c1-22-10-12-24(2)20(14-16-8-9-17(25)15-19(16)22)21(22)23-11-13-26-18-6-4-3-5-7-18/h3-9,15,20-21,23,25H,10-14H2,1-2H3/t20-,21+,22+/m1/s1. The highest BCUT2D eigenvalue weighted by Crippen LogP contribution is 2.45. The molecule has 138 valence electrons. The zero-order valence-electron chi connectivity index (χ0n) is 15.6. The van der Waals surface area contributed by atoms with Gasteiger partial charge in [0.2, 0.25) is 0 Å². The Labute approximate surface area is 155 Å². The fourth-order valence-electron chi connectivity index (χ4n) is 4.75. The van der Waals surface area contributed by atoms with Crippen molar-refractivity contribution < 1.29 is 9.84 Å². The Bertz CT molecular complexity index is 764. The van der Waals surface area contributed by atoms with E-state index in [2.05, 4.69) is 30.3 Å². The van der Waals surface area contributed by atoms with Crippen LogP contribution in [-0.2, 0) is 11.8 Å². The number of piperidine rings is 1. The molecule has 0 unspecified atom stereocenters. The van der Waals surface area contributed by atoms with Crippen LogP contribution < -0.4 is 10.1 Å². The van der Waals surface area contributed by atoms with Crippen molar-refractivity contribution in [3.05, 3.63) is 59.7 Å². The SMILES string of the molecule is CN1CC[C@@]2(C)c3cc(O)ccc3C[C@@H]1[C@@H]2NCCOc1ccccc1. The highest BCUT2D eigenvalue weighted by Gasteiger charge is 2.49. The van der Waals surface area contributed by atoms with E-state index in [4.69, 9.17) is 4.74 Å². The molecule has 1 heterocycles. The predicted molar refractivity (Wildman–Crippen MR) is 104 cm³/mol. The van der Waals surface area contributed by atoms with Gasteiger partial charge in [0.15, 0.2) is 0 Å². The molecule has 2 aromatic rings. The number of hydrogen-bond donors (Lipinski definition) is 2. The lowest BCUT2D eigenvalue weighted by atomic mass is 9.61. The number of likely N-dealkylation sites (N-methyl/N-ethyl adjacent to an activating group) is 1. The molecule has 0 radical (unpaired) electrons. The quantitative estimate of drug-likeness (QED) is 0.812. The first-order valence-electron chi connectivity index (χ1n) is 9.52. The number of para-hydroxylation sites is 1. The Balaban J connectivity index is 1.49. The second kappa shape index (κ2) is 6.93. The van der Waals surface area contributed by atoms with Crippen LogP contribution in [0.25, 0.3) is 0 Å². The summed E-state index contributed by atoms with van der Waals surface area (Å²) in [6, 6.07) is 16.7. The molecule has 1 saturated heterocycles. The zero-order valence-corrected chi connectivity index (χ0v) is 15.6. The van der Waals surface area contributed by atoms with Crippen LogP contribution in [0.3, 0.4) is 0 Å². The van der Waals surface area contributed by atoms with Gasteiger partial charge in [0.05, 0.1) is 0 Å². The maximum absolute atomic E-state index is 10.0. The molecule has 4 heteroatoms. The molecule has 1 fully saturated rings. The maximum atomic E-state index is 10.0. The number of nitrogens with zero attached hydrogens (tertiary/aromatic N) is 1. The molecule has 1 aliphatic carbocycles. The Morgan fingerprint density at radius 1 is 1.23 bits per heavy atom. The normalized spacial score (nSPS) is 27.8. The minimum Gasteiger partial charge on any atom is -0.508 e. The van der Waals surface area contributed by atoms with Crippen molar-refractivity contribution in [3.8, 4) is 11.5 Å². The summed E-state index contributed by atoms with van der Waals surface area (Å²) < 4.78 is 5.85. The van der Waals surface area contributed by atoms with Crippen LogP contribution in [-0.4, -0.2) is 48.8 Å². The Morgan fingerprint density at radius 2 is 2.04 bits per heavy atom. The average molecular weight is 352 g/mol. The Morgan fingerprint density at radius 3 is 2.85 bits per heavy atom. The second-order valence-electron chi connectivity index (χ2n) is 7.85. The predicted octanol–water partition coefficient (Wildman–Crippen LogP) is 2.95. The summed E-state index contributed by atoms with van der Waals surface area (Å²) in [4.78, 5) is 2.48. The summed E-state index contributed by atoms with van der Waals surface area (Å²) in [5.74, 6) is 1.28. The van der Waals surface area contributed by atoms with E-state index < -0.39 is 0 Å². The summed E-state index contributed by atoms with van der Waals surface area (Å²) in [5.41, 5.74) is 2.72. The molecule has 0 saturated carbocycles. The van der Waals surface area contributed by atoms with Gasteiger partial charge in [-0.15, -0.1) is 0 Å². The van der Waals surface area contributed by atoms with E-state index in [0.717, 1.165) is 31.7 Å². The third-order valence-electron chi connectivity index (χ3n) is 6.24. The molecule has 2 N–H and O–H groups in total. The van der Waals surface area contributed by atoms with Crippen LogP contribution in [0.15, 0.2) is 48.5 Å². The molecule has 3 atom stereocenters. The fraction of sp³-hybridized carbons (Fsp3) is 0.455. The molecule has 2 aliphatic rings. The lowest BCUT2D eigenvalue weighted by Crippen LogP contribution is -2.66. The third-order valence-corrected chi connectivity index (χ3v) is 6.24. The Hall–Kier alpha value is -2.04. The van der Waals surface area contributed by atoms with E-state index in [0.29, 0.717) is 24.4 Å². The van der Waals surface area contributed by atoms with E-state index in [-0.39, 0.29) is 5.41 Å². The number of ether oxygens (including phenoxy) is 1. The Kier molecular flexibility index (Phi) is 4.63. The molecule has 0 aromatic heterocycles. The number of phenols is 1. The number of nitrogens with one attached hydrogen (secondary N) is 1. The number of rotatable bonds is 5. The molecular formula is C22H28N2O2. The van der Waals surface area contributed by atoms with Gasteiger partial charge in [-0.25, -0.2) is 0 Å².